The fraction of sp³-hybridized carbons (Fsp3) is 0.647. The highest BCUT2D eigenvalue weighted by Gasteiger charge is 2.26. The van der Waals surface area contributed by atoms with Gasteiger partial charge < -0.3 is 19.9 Å². The highest BCUT2D eigenvalue weighted by atomic mass is 16.5. The Bertz CT molecular complexity index is 442. The fourth-order valence-corrected chi connectivity index (χ4v) is 3.21. The minimum absolute atomic E-state index is 0.0196. The van der Waals surface area contributed by atoms with Gasteiger partial charge in [-0.05, 0) is 42.4 Å². The highest BCUT2D eigenvalue weighted by molar-refractivity contribution is 5.54. The molecule has 1 aliphatic rings. The van der Waals surface area contributed by atoms with E-state index in [1.165, 1.54) is 25.7 Å². The SMILES string of the molecule is COc1cc(C(N)C2CCC(C)CC2)cc(OC)c1OC. The molecule has 1 saturated carbocycles. The average molecular weight is 293 g/mol. The molecule has 0 radical (unpaired) electrons. The maximum Gasteiger partial charge on any atom is 0.203 e. The molecule has 0 aliphatic heterocycles. The minimum atomic E-state index is 0.0196. The van der Waals surface area contributed by atoms with Crippen LogP contribution in [0.15, 0.2) is 12.1 Å². The van der Waals surface area contributed by atoms with Gasteiger partial charge in [-0.15, -0.1) is 0 Å². The summed E-state index contributed by atoms with van der Waals surface area (Å²) in [5.41, 5.74) is 7.56. The van der Waals surface area contributed by atoms with Crippen molar-refractivity contribution in [1.82, 2.24) is 0 Å². The van der Waals surface area contributed by atoms with Crippen molar-refractivity contribution in [2.45, 2.75) is 38.6 Å². The highest BCUT2D eigenvalue weighted by Crippen LogP contribution is 2.42. The molecule has 1 aromatic carbocycles. The summed E-state index contributed by atoms with van der Waals surface area (Å²) < 4.78 is 16.2. The second-order valence-corrected chi connectivity index (χ2v) is 6.00. The molecule has 2 rings (SSSR count). The fourth-order valence-electron chi connectivity index (χ4n) is 3.21. The van der Waals surface area contributed by atoms with Gasteiger partial charge in [0.2, 0.25) is 5.75 Å². The molecular formula is C17H27NO3. The van der Waals surface area contributed by atoms with Crippen LogP contribution in [-0.2, 0) is 0 Å². The number of methoxy groups -OCH3 is 3. The molecule has 1 atom stereocenters. The van der Waals surface area contributed by atoms with Crippen LogP contribution in [0.3, 0.4) is 0 Å². The van der Waals surface area contributed by atoms with Crippen molar-refractivity contribution in [1.29, 1.82) is 0 Å². The van der Waals surface area contributed by atoms with Gasteiger partial charge >= 0.3 is 0 Å². The number of hydrogen-bond donors (Lipinski definition) is 1. The standard InChI is InChI=1S/C17H27NO3/c1-11-5-7-12(8-6-11)16(18)13-9-14(19-2)17(21-4)15(10-13)20-3/h9-12,16H,5-8,18H2,1-4H3. The van der Waals surface area contributed by atoms with Crippen molar-refractivity contribution in [3.63, 3.8) is 0 Å². The lowest BCUT2D eigenvalue weighted by Gasteiger charge is -2.31. The van der Waals surface area contributed by atoms with E-state index in [2.05, 4.69) is 6.92 Å². The molecule has 0 amide bonds. The maximum absolute atomic E-state index is 6.50. The summed E-state index contributed by atoms with van der Waals surface area (Å²) in [5, 5.41) is 0. The van der Waals surface area contributed by atoms with Gasteiger partial charge in [-0.1, -0.05) is 19.8 Å². The molecule has 1 unspecified atom stereocenters. The van der Waals surface area contributed by atoms with E-state index in [1.54, 1.807) is 21.3 Å². The van der Waals surface area contributed by atoms with Crippen LogP contribution in [0.5, 0.6) is 17.2 Å². The van der Waals surface area contributed by atoms with Crippen LogP contribution >= 0.6 is 0 Å². The Labute approximate surface area is 127 Å². The summed E-state index contributed by atoms with van der Waals surface area (Å²) >= 11 is 0. The van der Waals surface area contributed by atoms with Crippen molar-refractivity contribution >= 4 is 0 Å². The topological polar surface area (TPSA) is 53.7 Å². The zero-order valence-corrected chi connectivity index (χ0v) is 13.5. The van der Waals surface area contributed by atoms with Gasteiger partial charge in [0.1, 0.15) is 0 Å². The lowest BCUT2D eigenvalue weighted by molar-refractivity contribution is 0.255. The van der Waals surface area contributed by atoms with Gasteiger partial charge in [-0.25, -0.2) is 0 Å². The molecule has 21 heavy (non-hydrogen) atoms. The number of rotatable bonds is 5. The van der Waals surface area contributed by atoms with E-state index in [1.807, 2.05) is 12.1 Å². The van der Waals surface area contributed by atoms with Crippen molar-refractivity contribution in [2.75, 3.05) is 21.3 Å². The van der Waals surface area contributed by atoms with E-state index in [9.17, 15) is 0 Å². The quantitative estimate of drug-likeness (QED) is 0.902. The van der Waals surface area contributed by atoms with Gasteiger partial charge in [0.25, 0.3) is 0 Å². The molecule has 0 heterocycles. The van der Waals surface area contributed by atoms with Crippen LogP contribution in [0.25, 0.3) is 0 Å². The Hall–Kier alpha value is -1.42. The van der Waals surface area contributed by atoms with Crippen molar-refractivity contribution < 1.29 is 14.2 Å². The van der Waals surface area contributed by atoms with Gasteiger partial charge in [0, 0.05) is 6.04 Å². The first kappa shape index (κ1) is 16.0. The van der Waals surface area contributed by atoms with Gasteiger partial charge in [0.15, 0.2) is 11.5 Å². The molecule has 4 heteroatoms. The molecule has 0 spiro atoms. The number of hydrogen-bond acceptors (Lipinski definition) is 4. The molecule has 0 bridgehead atoms. The number of nitrogens with two attached hydrogens (primary N) is 1. The molecule has 1 aliphatic carbocycles. The lowest BCUT2D eigenvalue weighted by atomic mass is 9.77. The van der Waals surface area contributed by atoms with Crippen LogP contribution < -0.4 is 19.9 Å². The normalized spacial score (nSPS) is 23.5. The maximum atomic E-state index is 6.50. The Balaban J connectivity index is 2.26. The van der Waals surface area contributed by atoms with Crippen LogP contribution in [0.2, 0.25) is 0 Å². The first-order valence-electron chi connectivity index (χ1n) is 7.66. The monoisotopic (exact) mass is 293 g/mol. The largest absolute Gasteiger partial charge is 0.493 e. The van der Waals surface area contributed by atoms with Gasteiger partial charge in [-0.3, -0.25) is 0 Å². The van der Waals surface area contributed by atoms with E-state index in [-0.39, 0.29) is 6.04 Å². The molecule has 118 valence electrons. The predicted molar refractivity (Wildman–Crippen MR) is 84.1 cm³/mol. The predicted octanol–water partition coefficient (Wildman–Crippen LogP) is 3.54. The van der Waals surface area contributed by atoms with Gasteiger partial charge in [-0.2, -0.15) is 0 Å². The Kier molecular flexibility index (Phi) is 5.34. The van der Waals surface area contributed by atoms with Crippen molar-refractivity contribution in [2.24, 2.45) is 17.6 Å². The zero-order chi connectivity index (χ0) is 15.4. The summed E-state index contributed by atoms with van der Waals surface area (Å²) in [6.07, 6.45) is 4.92. The van der Waals surface area contributed by atoms with Crippen LogP contribution in [0.4, 0.5) is 0 Å². The second kappa shape index (κ2) is 7.03. The van der Waals surface area contributed by atoms with Crippen LogP contribution in [-0.4, -0.2) is 21.3 Å². The van der Waals surface area contributed by atoms with Crippen LogP contribution in [0, 0.1) is 11.8 Å². The van der Waals surface area contributed by atoms with Crippen molar-refractivity contribution in [3.8, 4) is 17.2 Å². The molecule has 1 fully saturated rings. The molecular weight excluding hydrogens is 266 g/mol. The van der Waals surface area contributed by atoms with E-state index >= 15 is 0 Å². The third kappa shape index (κ3) is 3.43. The summed E-state index contributed by atoms with van der Waals surface area (Å²) in [6, 6.07) is 3.97. The summed E-state index contributed by atoms with van der Waals surface area (Å²) in [5.74, 6) is 3.32. The average Bonchev–Trinajstić information content (AvgIpc) is 2.53. The summed E-state index contributed by atoms with van der Waals surface area (Å²) in [6.45, 7) is 2.32. The van der Waals surface area contributed by atoms with E-state index in [4.69, 9.17) is 19.9 Å². The smallest absolute Gasteiger partial charge is 0.203 e. The Morgan fingerprint density at radius 2 is 1.48 bits per heavy atom. The Morgan fingerprint density at radius 3 is 1.90 bits per heavy atom. The molecule has 0 aromatic heterocycles. The lowest BCUT2D eigenvalue weighted by Crippen LogP contribution is -2.25. The minimum Gasteiger partial charge on any atom is -0.493 e. The zero-order valence-electron chi connectivity index (χ0n) is 13.5. The summed E-state index contributed by atoms with van der Waals surface area (Å²) in [7, 11) is 4.88. The third-order valence-corrected chi connectivity index (χ3v) is 4.64. The van der Waals surface area contributed by atoms with Gasteiger partial charge in [0.05, 0.1) is 21.3 Å². The van der Waals surface area contributed by atoms with Crippen molar-refractivity contribution in [3.05, 3.63) is 17.7 Å². The third-order valence-electron chi connectivity index (χ3n) is 4.64. The number of benzene rings is 1. The second-order valence-electron chi connectivity index (χ2n) is 6.00. The number of ether oxygens (including phenoxy) is 3. The molecule has 0 saturated heterocycles. The van der Waals surface area contributed by atoms with E-state index in [0.717, 1.165) is 11.5 Å². The molecule has 1 aromatic rings. The van der Waals surface area contributed by atoms with E-state index in [0.29, 0.717) is 23.2 Å². The molecule has 4 nitrogen and oxygen atoms in total. The summed E-state index contributed by atoms with van der Waals surface area (Å²) in [4.78, 5) is 0. The molecule has 2 N–H and O–H groups in total. The first-order chi connectivity index (χ1) is 10.1. The first-order valence-corrected chi connectivity index (χ1v) is 7.66. The van der Waals surface area contributed by atoms with E-state index < -0.39 is 0 Å². The Morgan fingerprint density at radius 1 is 0.952 bits per heavy atom. The van der Waals surface area contributed by atoms with Crippen LogP contribution in [0.1, 0.15) is 44.2 Å².